The maximum absolute atomic E-state index is 12.8. The third kappa shape index (κ3) is 4.13. The Kier molecular flexibility index (Phi) is 5.82. The number of fused-ring (bicyclic) bond motifs is 1. The van der Waals surface area contributed by atoms with Crippen molar-refractivity contribution in [1.82, 2.24) is 9.38 Å². The van der Waals surface area contributed by atoms with Crippen molar-refractivity contribution < 1.29 is 14.2 Å². The quantitative estimate of drug-likeness (QED) is 0.602. The van der Waals surface area contributed by atoms with Crippen LogP contribution in [0.1, 0.15) is 36.4 Å². The van der Waals surface area contributed by atoms with Gasteiger partial charge in [-0.25, -0.2) is 4.98 Å². The summed E-state index contributed by atoms with van der Waals surface area (Å²) in [5.41, 5.74) is 1.37. The number of imidazole rings is 1. The standard InChI is InChI=1S/C20H19ClFN3O3S/c21-14-8-12(9-16(18(14)26)28-7-1-4-22)10-17-19(27)25-11-15(24-20(25)29-17)13-2-5-23-6-3-13/h5,8-11,13,26H,1-4,6-7H2/b17-10-. The highest BCUT2D eigenvalue weighted by Gasteiger charge is 2.18. The molecule has 6 nitrogen and oxygen atoms in total. The van der Waals surface area contributed by atoms with Gasteiger partial charge in [0.25, 0.3) is 5.56 Å². The predicted molar refractivity (Wildman–Crippen MR) is 113 cm³/mol. The van der Waals surface area contributed by atoms with Crippen molar-refractivity contribution in [2.75, 3.05) is 19.8 Å². The number of rotatable bonds is 6. The molecule has 1 N–H and O–H groups in total. The van der Waals surface area contributed by atoms with Gasteiger partial charge in [-0.05, 0) is 42.8 Å². The van der Waals surface area contributed by atoms with E-state index < -0.39 is 6.67 Å². The zero-order valence-electron chi connectivity index (χ0n) is 15.5. The lowest BCUT2D eigenvalue weighted by Gasteiger charge is -2.13. The fourth-order valence-electron chi connectivity index (χ4n) is 3.23. The second kappa shape index (κ2) is 8.51. The fourth-order valence-corrected chi connectivity index (χ4v) is 4.41. The predicted octanol–water partition coefficient (Wildman–Crippen LogP) is 3.35. The van der Waals surface area contributed by atoms with E-state index in [9.17, 15) is 14.3 Å². The molecule has 1 aliphatic heterocycles. The Hall–Kier alpha value is -2.45. The highest BCUT2D eigenvalue weighted by atomic mass is 35.5. The smallest absolute Gasteiger partial charge is 0.274 e. The lowest BCUT2D eigenvalue weighted by Crippen LogP contribution is -2.22. The third-order valence-electron chi connectivity index (χ3n) is 4.75. The zero-order chi connectivity index (χ0) is 20.4. The molecule has 0 amide bonds. The molecule has 0 spiro atoms. The molecule has 1 aromatic carbocycles. The van der Waals surface area contributed by atoms with E-state index in [1.54, 1.807) is 22.6 Å². The average Bonchev–Trinajstić information content (AvgIpc) is 3.26. The number of alkyl halides is 1. The van der Waals surface area contributed by atoms with Crippen LogP contribution in [0.4, 0.5) is 4.39 Å². The van der Waals surface area contributed by atoms with Crippen LogP contribution < -0.4 is 14.8 Å². The number of hydrogen-bond acceptors (Lipinski definition) is 6. The number of thiazole rings is 1. The number of nitrogens with zero attached hydrogens (tertiary/aromatic N) is 3. The summed E-state index contributed by atoms with van der Waals surface area (Å²) in [4.78, 5) is 22.3. The zero-order valence-corrected chi connectivity index (χ0v) is 17.0. The summed E-state index contributed by atoms with van der Waals surface area (Å²) in [6.45, 7) is 0.402. The Labute approximate surface area is 174 Å². The van der Waals surface area contributed by atoms with Crippen molar-refractivity contribution in [3.8, 4) is 11.5 Å². The summed E-state index contributed by atoms with van der Waals surface area (Å²) >= 11 is 7.37. The normalized spacial score (nSPS) is 17.3. The molecule has 0 saturated carbocycles. The van der Waals surface area contributed by atoms with Crippen LogP contribution in [0.25, 0.3) is 11.0 Å². The molecule has 1 unspecified atom stereocenters. The topological polar surface area (TPSA) is 76.2 Å². The lowest BCUT2D eigenvalue weighted by molar-refractivity contribution is 0.277. The highest BCUT2D eigenvalue weighted by Crippen LogP contribution is 2.35. The van der Waals surface area contributed by atoms with Crippen LogP contribution >= 0.6 is 22.9 Å². The van der Waals surface area contributed by atoms with Gasteiger partial charge in [0.1, 0.15) is 0 Å². The summed E-state index contributed by atoms with van der Waals surface area (Å²) in [7, 11) is 0. The number of halogens is 2. The summed E-state index contributed by atoms with van der Waals surface area (Å²) < 4.78 is 19.7. The van der Waals surface area contributed by atoms with Gasteiger partial charge in [-0.15, -0.1) is 0 Å². The van der Waals surface area contributed by atoms with Crippen molar-refractivity contribution in [1.29, 1.82) is 0 Å². The van der Waals surface area contributed by atoms with Gasteiger partial charge >= 0.3 is 0 Å². The molecule has 0 fully saturated rings. The maximum Gasteiger partial charge on any atom is 0.274 e. The first-order chi connectivity index (χ1) is 14.1. The van der Waals surface area contributed by atoms with Crippen molar-refractivity contribution in [2.24, 2.45) is 4.99 Å². The second-order valence-electron chi connectivity index (χ2n) is 6.78. The number of phenolic OH excluding ortho intramolecular Hbond substituents is 1. The lowest BCUT2D eigenvalue weighted by atomic mass is 9.97. The third-order valence-corrected chi connectivity index (χ3v) is 6.02. The average molecular weight is 436 g/mol. The van der Waals surface area contributed by atoms with Crippen molar-refractivity contribution in [3.05, 3.63) is 49.5 Å². The van der Waals surface area contributed by atoms with Gasteiger partial charge in [0.2, 0.25) is 0 Å². The van der Waals surface area contributed by atoms with Crippen molar-refractivity contribution >= 4 is 40.2 Å². The molecule has 1 aliphatic rings. The van der Waals surface area contributed by atoms with Gasteiger partial charge in [0, 0.05) is 25.1 Å². The summed E-state index contributed by atoms with van der Waals surface area (Å²) in [6, 6.07) is 3.13. The first-order valence-corrected chi connectivity index (χ1v) is 10.5. The Morgan fingerprint density at radius 2 is 2.31 bits per heavy atom. The molecule has 0 aliphatic carbocycles. The summed E-state index contributed by atoms with van der Waals surface area (Å²) in [6.07, 6.45) is 7.40. The molecular weight excluding hydrogens is 417 g/mol. The number of phenols is 1. The van der Waals surface area contributed by atoms with E-state index in [-0.39, 0.29) is 35.1 Å². The van der Waals surface area contributed by atoms with Gasteiger partial charge in [-0.1, -0.05) is 22.9 Å². The van der Waals surface area contributed by atoms with Crippen LogP contribution in [0, 0.1) is 0 Å². The van der Waals surface area contributed by atoms with Crippen LogP contribution in [0.5, 0.6) is 11.5 Å². The molecule has 1 atom stereocenters. The van der Waals surface area contributed by atoms with E-state index in [4.69, 9.17) is 16.3 Å². The second-order valence-corrected chi connectivity index (χ2v) is 8.20. The maximum atomic E-state index is 12.8. The number of benzene rings is 1. The van der Waals surface area contributed by atoms with E-state index in [0.29, 0.717) is 21.0 Å². The van der Waals surface area contributed by atoms with Gasteiger partial charge < -0.3 is 9.84 Å². The molecule has 3 heterocycles. The molecule has 9 heteroatoms. The van der Waals surface area contributed by atoms with Crippen molar-refractivity contribution in [2.45, 2.75) is 25.2 Å². The number of aromatic hydroxyl groups is 1. The van der Waals surface area contributed by atoms with Gasteiger partial charge in [0.05, 0.1) is 28.5 Å². The number of aromatic nitrogens is 2. The monoisotopic (exact) mass is 435 g/mol. The van der Waals surface area contributed by atoms with Gasteiger partial charge in [0.15, 0.2) is 16.5 Å². The minimum absolute atomic E-state index is 0.101. The van der Waals surface area contributed by atoms with E-state index in [1.165, 1.54) is 11.3 Å². The minimum atomic E-state index is -0.509. The van der Waals surface area contributed by atoms with E-state index in [0.717, 1.165) is 25.1 Å². The molecule has 0 bridgehead atoms. The van der Waals surface area contributed by atoms with Gasteiger partial charge in [-0.2, -0.15) is 0 Å². The van der Waals surface area contributed by atoms with Crippen LogP contribution in [0.3, 0.4) is 0 Å². The van der Waals surface area contributed by atoms with E-state index >= 15 is 0 Å². The first kappa shape index (κ1) is 19.8. The van der Waals surface area contributed by atoms with Crippen LogP contribution in [-0.4, -0.2) is 40.5 Å². The van der Waals surface area contributed by atoms with Gasteiger partial charge in [-0.3, -0.25) is 18.6 Å². The molecule has 2 aromatic heterocycles. The Morgan fingerprint density at radius 1 is 1.45 bits per heavy atom. The van der Waals surface area contributed by atoms with Crippen LogP contribution in [0.15, 0.2) is 28.1 Å². The van der Waals surface area contributed by atoms with Crippen LogP contribution in [0.2, 0.25) is 5.02 Å². The van der Waals surface area contributed by atoms with E-state index in [2.05, 4.69) is 9.98 Å². The molecule has 152 valence electrons. The Morgan fingerprint density at radius 3 is 3.03 bits per heavy atom. The first-order valence-electron chi connectivity index (χ1n) is 9.30. The largest absolute Gasteiger partial charge is 0.503 e. The minimum Gasteiger partial charge on any atom is -0.503 e. The molecule has 3 aromatic rings. The SMILES string of the molecule is O=c1/c(=C/c2cc(Cl)c(O)c(OCCCF)c2)sc2nc(C3CC=NCC3)cn12. The Balaban J connectivity index is 1.67. The molecule has 0 saturated heterocycles. The van der Waals surface area contributed by atoms with E-state index in [1.807, 2.05) is 12.4 Å². The summed E-state index contributed by atoms with van der Waals surface area (Å²) in [5, 5.41) is 10.1. The molecule has 0 radical (unpaired) electrons. The molecule has 29 heavy (non-hydrogen) atoms. The van der Waals surface area contributed by atoms with Crippen LogP contribution in [-0.2, 0) is 0 Å². The number of ether oxygens (including phenoxy) is 1. The molecular formula is C20H19ClFN3O3S. The molecule has 4 rings (SSSR count). The highest BCUT2D eigenvalue weighted by molar-refractivity contribution is 7.15. The number of aliphatic imine (C=N–C) groups is 1. The van der Waals surface area contributed by atoms with Crippen molar-refractivity contribution in [3.63, 3.8) is 0 Å². The number of hydrogen-bond donors (Lipinski definition) is 1. The fraction of sp³-hybridized carbons (Fsp3) is 0.350. The summed E-state index contributed by atoms with van der Waals surface area (Å²) in [5.74, 6) is 0.255. The Bertz CT molecular complexity index is 1170.